The molecule has 2 fully saturated rings. The van der Waals surface area contributed by atoms with Crippen molar-refractivity contribution >= 4 is 11.8 Å². The third-order valence-corrected chi connectivity index (χ3v) is 4.57. The molecule has 6 heteroatoms. The molecule has 6 nitrogen and oxygen atoms in total. The highest BCUT2D eigenvalue weighted by Gasteiger charge is 2.49. The number of likely N-dealkylation sites (tertiary alicyclic amines) is 1. The molecule has 3 rings (SSSR count). The molecule has 0 spiro atoms. The summed E-state index contributed by atoms with van der Waals surface area (Å²) in [4.78, 5) is 29.6. The standard InChI is InChI=1S/C15H21N3O3/c1-21-9-15(14(16)20)6-2-8-18(15)13(19)11-5-7-17-12(11)10-3-4-10/h5,7,10,17H,2-4,6,8-9H2,1H3,(H2,16,20). The maximum atomic E-state index is 12.9. The first kappa shape index (κ1) is 14.1. The number of nitrogens with one attached hydrogen (secondary N) is 1. The maximum absolute atomic E-state index is 12.9. The van der Waals surface area contributed by atoms with E-state index in [-0.39, 0.29) is 12.5 Å². The third kappa shape index (κ3) is 2.23. The topological polar surface area (TPSA) is 88.4 Å². The summed E-state index contributed by atoms with van der Waals surface area (Å²) in [5.74, 6) is -0.155. The molecule has 114 valence electrons. The number of aromatic amines is 1. The number of ether oxygens (including phenoxy) is 1. The highest BCUT2D eigenvalue weighted by atomic mass is 16.5. The minimum Gasteiger partial charge on any atom is -0.382 e. The molecule has 1 aromatic heterocycles. The summed E-state index contributed by atoms with van der Waals surface area (Å²) in [6.45, 7) is 0.692. The molecule has 0 bridgehead atoms. The van der Waals surface area contributed by atoms with E-state index in [4.69, 9.17) is 10.5 Å². The van der Waals surface area contributed by atoms with Gasteiger partial charge in [0.05, 0.1) is 12.2 Å². The molecule has 1 saturated carbocycles. The van der Waals surface area contributed by atoms with Crippen LogP contribution in [0.4, 0.5) is 0 Å². The largest absolute Gasteiger partial charge is 0.382 e. The lowest BCUT2D eigenvalue weighted by atomic mass is 9.95. The van der Waals surface area contributed by atoms with E-state index < -0.39 is 11.4 Å². The molecule has 0 radical (unpaired) electrons. The van der Waals surface area contributed by atoms with Gasteiger partial charge in [0.15, 0.2) is 0 Å². The summed E-state index contributed by atoms with van der Waals surface area (Å²) in [6, 6.07) is 1.80. The number of nitrogens with zero attached hydrogens (tertiary/aromatic N) is 1. The van der Waals surface area contributed by atoms with E-state index in [1.807, 2.05) is 0 Å². The van der Waals surface area contributed by atoms with Crippen LogP contribution in [0.1, 0.15) is 47.7 Å². The number of methoxy groups -OCH3 is 1. The SMILES string of the molecule is COCC1(C(N)=O)CCCN1C(=O)c1cc[nH]c1C1CC1. The lowest BCUT2D eigenvalue weighted by Gasteiger charge is -2.35. The minimum atomic E-state index is -1.01. The molecule has 1 saturated heterocycles. The zero-order chi connectivity index (χ0) is 15.0. The smallest absolute Gasteiger partial charge is 0.256 e. The highest BCUT2D eigenvalue weighted by molar-refractivity contribution is 6.00. The van der Waals surface area contributed by atoms with Gasteiger partial charge in [-0.25, -0.2) is 0 Å². The van der Waals surface area contributed by atoms with Crippen molar-refractivity contribution in [2.24, 2.45) is 5.73 Å². The number of rotatable bonds is 5. The Labute approximate surface area is 123 Å². The average Bonchev–Trinajstić information content (AvgIpc) is 3.02. The Hall–Kier alpha value is -1.82. The van der Waals surface area contributed by atoms with Crippen LogP contribution in [0.3, 0.4) is 0 Å². The first-order valence-electron chi connectivity index (χ1n) is 7.38. The van der Waals surface area contributed by atoms with E-state index in [2.05, 4.69) is 4.98 Å². The van der Waals surface area contributed by atoms with Crippen molar-refractivity contribution in [2.75, 3.05) is 20.3 Å². The number of hydrogen-bond donors (Lipinski definition) is 2. The predicted octanol–water partition coefficient (Wildman–Crippen LogP) is 0.999. The van der Waals surface area contributed by atoms with Gasteiger partial charge in [-0.15, -0.1) is 0 Å². The van der Waals surface area contributed by atoms with Crippen molar-refractivity contribution in [3.8, 4) is 0 Å². The first-order valence-corrected chi connectivity index (χ1v) is 7.38. The number of amides is 2. The second kappa shape index (κ2) is 5.18. The van der Waals surface area contributed by atoms with Crippen LogP contribution in [-0.4, -0.2) is 47.5 Å². The minimum absolute atomic E-state index is 0.119. The fraction of sp³-hybridized carbons (Fsp3) is 0.600. The Morgan fingerprint density at radius 2 is 2.29 bits per heavy atom. The zero-order valence-electron chi connectivity index (χ0n) is 12.2. The van der Waals surface area contributed by atoms with Crippen LogP contribution in [0.15, 0.2) is 12.3 Å². The summed E-state index contributed by atoms with van der Waals surface area (Å²) < 4.78 is 5.18. The number of hydrogen-bond acceptors (Lipinski definition) is 3. The van der Waals surface area contributed by atoms with Crippen molar-refractivity contribution in [2.45, 2.75) is 37.1 Å². The molecule has 3 N–H and O–H groups in total. The van der Waals surface area contributed by atoms with Crippen LogP contribution >= 0.6 is 0 Å². The number of H-pyrrole nitrogens is 1. The zero-order valence-corrected chi connectivity index (χ0v) is 12.2. The lowest BCUT2D eigenvalue weighted by Crippen LogP contribution is -2.58. The van der Waals surface area contributed by atoms with Gasteiger partial charge in [-0.05, 0) is 37.7 Å². The van der Waals surface area contributed by atoms with Crippen LogP contribution < -0.4 is 5.73 Å². The van der Waals surface area contributed by atoms with E-state index in [1.54, 1.807) is 17.2 Å². The van der Waals surface area contributed by atoms with Crippen LogP contribution in [0.2, 0.25) is 0 Å². The Bertz CT molecular complexity index is 564. The average molecular weight is 291 g/mol. The molecule has 1 aliphatic heterocycles. The Morgan fingerprint density at radius 1 is 1.52 bits per heavy atom. The molecule has 2 amide bonds. The van der Waals surface area contributed by atoms with Crippen molar-refractivity contribution in [3.05, 3.63) is 23.5 Å². The normalized spacial score (nSPS) is 25.3. The molecule has 1 aromatic rings. The van der Waals surface area contributed by atoms with Gasteiger partial charge in [-0.2, -0.15) is 0 Å². The molecule has 1 unspecified atom stereocenters. The molecule has 0 aromatic carbocycles. The molecular weight excluding hydrogens is 270 g/mol. The first-order chi connectivity index (χ1) is 10.1. The second-order valence-electron chi connectivity index (χ2n) is 5.97. The van der Waals surface area contributed by atoms with Crippen molar-refractivity contribution < 1.29 is 14.3 Å². The molecule has 21 heavy (non-hydrogen) atoms. The molecule has 1 atom stereocenters. The van der Waals surface area contributed by atoms with Gasteiger partial charge in [0, 0.05) is 25.5 Å². The molecular formula is C15H21N3O3. The van der Waals surface area contributed by atoms with Crippen LogP contribution in [0, 0.1) is 0 Å². The quantitative estimate of drug-likeness (QED) is 0.848. The highest BCUT2D eigenvalue weighted by Crippen LogP contribution is 2.42. The molecule has 2 heterocycles. The van der Waals surface area contributed by atoms with Gasteiger partial charge >= 0.3 is 0 Å². The van der Waals surface area contributed by atoms with E-state index in [0.29, 0.717) is 24.4 Å². The Kier molecular flexibility index (Phi) is 3.49. The maximum Gasteiger partial charge on any atom is 0.256 e. The van der Waals surface area contributed by atoms with Gasteiger partial charge in [0.2, 0.25) is 5.91 Å². The number of carbonyl (C=O) groups excluding carboxylic acids is 2. The summed E-state index contributed by atoms with van der Waals surface area (Å²) in [5.41, 5.74) is 6.24. The molecule has 2 aliphatic rings. The van der Waals surface area contributed by atoms with Crippen LogP contribution in [0.25, 0.3) is 0 Å². The van der Waals surface area contributed by atoms with Crippen LogP contribution in [-0.2, 0) is 9.53 Å². The summed E-state index contributed by atoms with van der Waals surface area (Å²) >= 11 is 0. The van der Waals surface area contributed by atoms with Crippen molar-refractivity contribution in [1.82, 2.24) is 9.88 Å². The van der Waals surface area contributed by atoms with E-state index >= 15 is 0 Å². The van der Waals surface area contributed by atoms with Gasteiger partial charge in [-0.1, -0.05) is 0 Å². The fourth-order valence-electron chi connectivity index (χ4n) is 3.31. The van der Waals surface area contributed by atoms with Gasteiger partial charge in [0.1, 0.15) is 5.54 Å². The van der Waals surface area contributed by atoms with Crippen molar-refractivity contribution in [1.29, 1.82) is 0 Å². The predicted molar refractivity (Wildman–Crippen MR) is 76.8 cm³/mol. The second-order valence-corrected chi connectivity index (χ2v) is 5.97. The van der Waals surface area contributed by atoms with Gasteiger partial charge < -0.3 is 20.4 Å². The van der Waals surface area contributed by atoms with Gasteiger partial charge in [-0.3, -0.25) is 9.59 Å². The summed E-state index contributed by atoms with van der Waals surface area (Å²) in [5, 5.41) is 0. The summed E-state index contributed by atoms with van der Waals surface area (Å²) in [6.07, 6.45) is 5.34. The van der Waals surface area contributed by atoms with Crippen molar-refractivity contribution in [3.63, 3.8) is 0 Å². The Morgan fingerprint density at radius 3 is 2.90 bits per heavy atom. The molecule has 1 aliphatic carbocycles. The fourth-order valence-corrected chi connectivity index (χ4v) is 3.31. The number of nitrogens with two attached hydrogens (primary N) is 1. The third-order valence-electron chi connectivity index (χ3n) is 4.57. The number of aromatic nitrogens is 1. The van der Waals surface area contributed by atoms with Crippen LogP contribution in [0.5, 0.6) is 0 Å². The van der Waals surface area contributed by atoms with E-state index in [9.17, 15) is 9.59 Å². The monoisotopic (exact) mass is 291 g/mol. The lowest BCUT2D eigenvalue weighted by molar-refractivity contribution is -0.130. The van der Waals surface area contributed by atoms with E-state index in [1.165, 1.54) is 7.11 Å². The Balaban J connectivity index is 1.92. The summed E-state index contributed by atoms with van der Waals surface area (Å²) in [7, 11) is 1.53. The number of primary amides is 1. The van der Waals surface area contributed by atoms with E-state index in [0.717, 1.165) is 25.0 Å². The van der Waals surface area contributed by atoms with Gasteiger partial charge in [0.25, 0.3) is 5.91 Å². The number of carbonyl (C=O) groups is 2.